The van der Waals surface area contributed by atoms with E-state index in [2.05, 4.69) is 10.3 Å². The number of carbonyl (C=O) groups is 1. The van der Waals surface area contributed by atoms with Gasteiger partial charge >= 0.3 is 0 Å². The summed E-state index contributed by atoms with van der Waals surface area (Å²) in [5, 5.41) is 2.82. The first kappa shape index (κ1) is 14.1. The van der Waals surface area contributed by atoms with Gasteiger partial charge in [0.1, 0.15) is 5.82 Å². The van der Waals surface area contributed by atoms with Crippen LogP contribution in [0.3, 0.4) is 0 Å². The molecule has 0 spiro atoms. The average Bonchev–Trinajstić information content (AvgIpc) is 2.47. The fourth-order valence-corrected chi connectivity index (χ4v) is 1.87. The molecule has 0 bridgehead atoms. The third-order valence-corrected chi connectivity index (χ3v) is 2.98. The minimum atomic E-state index is -0.321. The van der Waals surface area contributed by atoms with Crippen molar-refractivity contribution < 1.29 is 9.18 Å². The summed E-state index contributed by atoms with van der Waals surface area (Å²) in [6.07, 6.45) is 1.55. The Hall–Kier alpha value is -2.27. The van der Waals surface area contributed by atoms with Crippen LogP contribution in [0.4, 0.5) is 4.39 Å². The van der Waals surface area contributed by atoms with Crippen LogP contribution in [0.25, 0.3) is 0 Å². The second-order valence-electron chi connectivity index (χ2n) is 4.49. The van der Waals surface area contributed by atoms with E-state index in [1.54, 1.807) is 37.4 Å². The maximum absolute atomic E-state index is 13.2. The molecule has 0 saturated heterocycles. The first-order chi connectivity index (χ1) is 9.60. The Morgan fingerprint density at radius 3 is 2.90 bits per heavy atom. The number of hydrogen-bond donors (Lipinski definition) is 2. The number of amides is 1. The van der Waals surface area contributed by atoms with Gasteiger partial charge in [-0.05, 0) is 36.8 Å². The Morgan fingerprint density at radius 2 is 2.20 bits per heavy atom. The quantitative estimate of drug-likeness (QED) is 0.897. The van der Waals surface area contributed by atoms with Crippen LogP contribution in [-0.2, 0) is 6.54 Å². The molecule has 0 aliphatic heterocycles. The van der Waals surface area contributed by atoms with Gasteiger partial charge in [-0.2, -0.15) is 0 Å². The average molecular weight is 273 g/mol. The highest BCUT2D eigenvalue weighted by molar-refractivity contribution is 5.94. The molecule has 0 saturated carbocycles. The summed E-state index contributed by atoms with van der Waals surface area (Å²) in [4.78, 5) is 16.1. The van der Waals surface area contributed by atoms with Gasteiger partial charge in [-0.3, -0.25) is 9.78 Å². The molecule has 0 aliphatic carbocycles. The first-order valence-electron chi connectivity index (χ1n) is 6.31. The van der Waals surface area contributed by atoms with Crippen molar-refractivity contribution in [2.75, 3.05) is 0 Å². The molecule has 1 aromatic heterocycles. The zero-order valence-corrected chi connectivity index (χ0v) is 11.1. The Kier molecular flexibility index (Phi) is 4.42. The van der Waals surface area contributed by atoms with Crippen LogP contribution in [-0.4, -0.2) is 10.9 Å². The Balaban J connectivity index is 2.10. The van der Waals surface area contributed by atoms with Gasteiger partial charge in [-0.1, -0.05) is 12.1 Å². The van der Waals surface area contributed by atoms with Crippen LogP contribution in [0.15, 0.2) is 42.6 Å². The maximum atomic E-state index is 13.2. The number of nitrogens with one attached hydrogen (secondary N) is 1. The van der Waals surface area contributed by atoms with Gasteiger partial charge in [0.25, 0.3) is 5.91 Å². The molecule has 0 radical (unpaired) electrons. The first-order valence-corrected chi connectivity index (χ1v) is 6.31. The van der Waals surface area contributed by atoms with Gasteiger partial charge in [0.05, 0.1) is 11.7 Å². The minimum Gasteiger partial charge on any atom is -0.346 e. The van der Waals surface area contributed by atoms with E-state index < -0.39 is 0 Å². The summed E-state index contributed by atoms with van der Waals surface area (Å²) >= 11 is 0. The lowest BCUT2D eigenvalue weighted by Gasteiger charge is -2.14. The van der Waals surface area contributed by atoms with E-state index in [9.17, 15) is 9.18 Å². The highest BCUT2D eigenvalue weighted by atomic mass is 19.1. The van der Waals surface area contributed by atoms with Gasteiger partial charge in [0.2, 0.25) is 0 Å². The second-order valence-corrected chi connectivity index (χ2v) is 4.49. The summed E-state index contributed by atoms with van der Waals surface area (Å²) in [6, 6.07) is 9.14. The number of hydrogen-bond acceptors (Lipinski definition) is 3. The third kappa shape index (κ3) is 3.39. The number of halogens is 1. The van der Waals surface area contributed by atoms with Crippen LogP contribution < -0.4 is 11.1 Å². The van der Waals surface area contributed by atoms with Crippen LogP contribution in [0.1, 0.15) is 34.6 Å². The SMILES string of the molecule is CC(NC(=O)c1ccnc(CN)c1)c1cccc(F)c1. The second kappa shape index (κ2) is 6.25. The molecule has 1 unspecified atom stereocenters. The van der Waals surface area contributed by atoms with Crippen LogP contribution in [0.5, 0.6) is 0 Å². The van der Waals surface area contributed by atoms with E-state index in [-0.39, 0.29) is 24.3 Å². The molecular formula is C15H16FN3O. The van der Waals surface area contributed by atoms with Crippen molar-refractivity contribution in [3.63, 3.8) is 0 Å². The van der Waals surface area contributed by atoms with Crippen LogP contribution in [0, 0.1) is 5.82 Å². The zero-order valence-electron chi connectivity index (χ0n) is 11.1. The number of nitrogens with zero attached hydrogens (tertiary/aromatic N) is 1. The van der Waals surface area contributed by atoms with Crippen molar-refractivity contribution in [2.24, 2.45) is 5.73 Å². The largest absolute Gasteiger partial charge is 0.346 e. The molecule has 2 rings (SSSR count). The third-order valence-electron chi connectivity index (χ3n) is 2.98. The topological polar surface area (TPSA) is 68.0 Å². The summed E-state index contributed by atoms with van der Waals surface area (Å²) in [5.41, 5.74) is 7.34. The zero-order chi connectivity index (χ0) is 14.5. The van der Waals surface area contributed by atoms with Crippen molar-refractivity contribution >= 4 is 5.91 Å². The number of pyridine rings is 1. The molecule has 3 N–H and O–H groups in total. The Labute approximate surface area is 116 Å². The molecule has 1 heterocycles. The predicted molar refractivity (Wildman–Crippen MR) is 74.4 cm³/mol. The van der Waals surface area contributed by atoms with E-state index >= 15 is 0 Å². The highest BCUT2D eigenvalue weighted by Gasteiger charge is 2.12. The predicted octanol–water partition coefficient (Wildman–Crippen LogP) is 2.17. The molecule has 1 aromatic carbocycles. The lowest BCUT2D eigenvalue weighted by molar-refractivity contribution is 0.0939. The number of aromatic nitrogens is 1. The van der Waals surface area contributed by atoms with Crippen molar-refractivity contribution in [3.8, 4) is 0 Å². The Morgan fingerprint density at radius 1 is 1.40 bits per heavy atom. The van der Waals surface area contributed by atoms with E-state index in [1.807, 2.05) is 0 Å². The van der Waals surface area contributed by atoms with Gasteiger partial charge in [0, 0.05) is 18.3 Å². The molecule has 104 valence electrons. The fourth-order valence-electron chi connectivity index (χ4n) is 1.87. The van der Waals surface area contributed by atoms with E-state index in [0.29, 0.717) is 16.8 Å². The van der Waals surface area contributed by atoms with E-state index in [4.69, 9.17) is 5.73 Å². The molecule has 4 nitrogen and oxygen atoms in total. The summed E-state index contributed by atoms with van der Waals surface area (Å²) in [7, 11) is 0. The van der Waals surface area contributed by atoms with Crippen molar-refractivity contribution in [1.29, 1.82) is 0 Å². The number of benzene rings is 1. The van der Waals surface area contributed by atoms with Crippen molar-refractivity contribution in [2.45, 2.75) is 19.5 Å². The summed E-state index contributed by atoms with van der Waals surface area (Å²) in [5.74, 6) is -0.559. The fraction of sp³-hybridized carbons (Fsp3) is 0.200. The van der Waals surface area contributed by atoms with Gasteiger partial charge in [-0.25, -0.2) is 4.39 Å². The number of rotatable bonds is 4. The number of nitrogens with two attached hydrogens (primary N) is 1. The van der Waals surface area contributed by atoms with Crippen molar-refractivity contribution in [3.05, 3.63) is 65.2 Å². The smallest absolute Gasteiger partial charge is 0.251 e. The van der Waals surface area contributed by atoms with Crippen LogP contribution in [0.2, 0.25) is 0 Å². The molecule has 5 heteroatoms. The van der Waals surface area contributed by atoms with Gasteiger partial charge in [0.15, 0.2) is 0 Å². The van der Waals surface area contributed by atoms with Crippen molar-refractivity contribution in [1.82, 2.24) is 10.3 Å². The Bertz CT molecular complexity index is 616. The molecule has 1 amide bonds. The summed E-state index contributed by atoms with van der Waals surface area (Å²) in [6.45, 7) is 2.08. The standard InChI is InChI=1S/C15H16FN3O/c1-10(11-3-2-4-13(16)7-11)19-15(20)12-5-6-18-14(8-12)9-17/h2-8,10H,9,17H2,1H3,(H,19,20). The molecular weight excluding hydrogens is 257 g/mol. The van der Waals surface area contributed by atoms with Crippen LogP contribution >= 0.6 is 0 Å². The van der Waals surface area contributed by atoms with E-state index in [1.165, 1.54) is 12.1 Å². The lowest BCUT2D eigenvalue weighted by atomic mass is 10.1. The maximum Gasteiger partial charge on any atom is 0.251 e. The molecule has 2 aromatic rings. The molecule has 1 atom stereocenters. The number of carbonyl (C=O) groups excluding carboxylic acids is 1. The molecule has 20 heavy (non-hydrogen) atoms. The van der Waals surface area contributed by atoms with Gasteiger partial charge < -0.3 is 11.1 Å². The van der Waals surface area contributed by atoms with Gasteiger partial charge in [-0.15, -0.1) is 0 Å². The molecule has 0 fully saturated rings. The monoisotopic (exact) mass is 273 g/mol. The summed E-state index contributed by atoms with van der Waals surface area (Å²) < 4.78 is 13.2. The normalized spacial score (nSPS) is 11.9. The highest BCUT2D eigenvalue weighted by Crippen LogP contribution is 2.14. The lowest BCUT2D eigenvalue weighted by Crippen LogP contribution is -2.27. The minimum absolute atomic E-state index is 0.237. The molecule has 0 aliphatic rings. The van der Waals surface area contributed by atoms with E-state index in [0.717, 1.165) is 0 Å².